The highest BCUT2D eigenvalue weighted by Gasteiger charge is 2.11. The lowest BCUT2D eigenvalue weighted by Gasteiger charge is -2.07. The largest absolute Gasteiger partial charge is 0.321 e. The average Bonchev–Trinajstić information content (AvgIpc) is 3.24. The first-order chi connectivity index (χ1) is 14.6. The van der Waals surface area contributed by atoms with Crippen LogP contribution in [-0.2, 0) is 0 Å². The zero-order valence-electron chi connectivity index (χ0n) is 16.5. The van der Waals surface area contributed by atoms with E-state index in [0.29, 0.717) is 17.3 Å². The van der Waals surface area contributed by atoms with Crippen LogP contribution in [0.1, 0.15) is 21.9 Å². The van der Waals surface area contributed by atoms with Gasteiger partial charge in [0, 0.05) is 27.5 Å². The molecule has 0 aliphatic carbocycles. The Labute approximate surface area is 178 Å². The summed E-state index contributed by atoms with van der Waals surface area (Å²) in [6, 6.07) is 20.9. The van der Waals surface area contributed by atoms with Crippen LogP contribution in [0.15, 0.2) is 71.6 Å². The maximum Gasteiger partial charge on any atom is 0.273 e. The van der Waals surface area contributed by atoms with Crippen LogP contribution in [0.3, 0.4) is 0 Å². The summed E-state index contributed by atoms with van der Waals surface area (Å²) in [7, 11) is 0. The fraction of sp³-hybridized carbons (Fsp3) is 0.0909. The van der Waals surface area contributed by atoms with Crippen LogP contribution in [-0.4, -0.2) is 26.1 Å². The summed E-state index contributed by atoms with van der Waals surface area (Å²) in [5.74, 6) is 0.329. The molecule has 4 rings (SSSR count). The molecule has 2 aromatic heterocycles. The lowest BCUT2D eigenvalue weighted by molar-refractivity contribution is 0.102. The number of aromatic nitrogens is 4. The van der Waals surface area contributed by atoms with Crippen molar-refractivity contribution in [2.24, 2.45) is 0 Å². The van der Waals surface area contributed by atoms with Gasteiger partial charge in [-0.2, -0.15) is 5.10 Å². The third-order valence-electron chi connectivity index (χ3n) is 4.25. The monoisotopic (exact) mass is 416 g/mol. The van der Waals surface area contributed by atoms with E-state index in [4.69, 9.17) is 0 Å². The smallest absolute Gasteiger partial charge is 0.273 e. The van der Waals surface area contributed by atoms with E-state index >= 15 is 0 Å². The number of carbonyl (C=O) groups excluding carboxylic acids is 1. The van der Waals surface area contributed by atoms with Gasteiger partial charge in [0.1, 0.15) is 5.69 Å². The van der Waals surface area contributed by atoms with Crippen molar-refractivity contribution in [3.63, 3.8) is 0 Å². The van der Waals surface area contributed by atoms with Gasteiger partial charge in [-0.1, -0.05) is 30.3 Å². The number of rotatable bonds is 6. The maximum atomic E-state index is 12.5. The van der Waals surface area contributed by atoms with Crippen LogP contribution < -0.4 is 10.0 Å². The molecule has 30 heavy (non-hydrogen) atoms. The molecule has 0 fully saturated rings. The lowest BCUT2D eigenvalue weighted by Crippen LogP contribution is -2.12. The van der Waals surface area contributed by atoms with Gasteiger partial charge in [0.25, 0.3) is 5.91 Å². The number of aromatic amines is 1. The second-order valence-electron chi connectivity index (χ2n) is 6.69. The highest BCUT2D eigenvalue weighted by Crippen LogP contribution is 2.22. The zero-order valence-corrected chi connectivity index (χ0v) is 17.3. The fourth-order valence-corrected chi connectivity index (χ4v) is 3.45. The van der Waals surface area contributed by atoms with E-state index in [1.807, 2.05) is 74.5 Å². The second-order valence-corrected chi connectivity index (χ2v) is 7.57. The van der Waals surface area contributed by atoms with E-state index in [-0.39, 0.29) is 5.91 Å². The second kappa shape index (κ2) is 8.79. The van der Waals surface area contributed by atoms with Crippen molar-refractivity contribution in [2.45, 2.75) is 18.7 Å². The molecule has 8 heteroatoms. The molecular weight excluding hydrogens is 396 g/mol. The highest BCUT2D eigenvalue weighted by atomic mass is 32.2. The standard InChI is InChI=1S/C22H20N6OS/c1-14-12-15(2)24-22(23-14)28-30-18-10-8-17(9-11-18)25-21(29)20-13-19(26-27-20)16-6-4-3-5-7-16/h3-13H,1-2H3,(H,25,29)(H,26,27)(H,23,24,28). The molecule has 7 nitrogen and oxygen atoms in total. The van der Waals surface area contributed by atoms with Crippen molar-refractivity contribution in [3.05, 3.63) is 83.8 Å². The van der Waals surface area contributed by atoms with Crippen LogP contribution in [0.4, 0.5) is 11.6 Å². The van der Waals surface area contributed by atoms with Gasteiger partial charge >= 0.3 is 0 Å². The predicted molar refractivity (Wildman–Crippen MR) is 119 cm³/mol. The molecule has 150 valence electrons. The summed E-state index contributed by atoms with van der Waals surface area (Å²) in [4.78, 5) is 22.2. The van der Waals surface area contributed by atoms with Crippen molar-refractivity contribution >= 4 is 29.5 Å². The van der Waals surface area contributed by atoms with Gasteiger partial charge in [-0.15, -0.1) is 0 Å². The van der Waals surface area contributed by atoms with Crippen LogP contribution in [0, 0.1) is 13.8 Å². The lowest BCUT2D eigenvalue weighted by atomic mass is 10.1. The third-order valence-corrected chi connectivity index (χ3v) is 5.04. The molecule has 2 aromatic carbocycles. The maximum absolute atomic E-state index is 12.5. The van der Waals surface area contributed by atoms with Gasteiger partial charge in [-0.25, -0.2) is 9.97 Å². The number of hydrogen-bond donors (Lipinski definition) is 3. The number of nitrogens with one attached hydrogen (secondary N) is 3. The molecule has 3 N–H and O–H groups in total. The number of H-pyrrole nitrogens is 1. The van der Waals surface area contributed by atoms with Crippen molar-refractivity contribution in [3.8, 4) is 11.3 Å². The molecule has 4 aromatic rings. The van der Waals surface area contributed by atoms with Crippen molar-refractivity contribution in [1.82, 2.24) is 20.2 Å². The molecule has 1 amide bonds. The molecule has 2 heterocycles. The molecule has 0 bridgehead atoms. The van der Waals surface area contributed by atoms with E-state index in [0.717, 1.165) is 27.5 Å². The first kappa shape index (κ1) is 19.7. The van der Waals surface area contributed by atoms with Crippen LogP contribution in [0.5, 0.6) is 0 Å². The number of nitrogens with zero attached hydrogens (tertiary/aromatic N) is 3. The topological polar surface area (TPSA) is 95.6 Å². The third kappa shape index (κ3) is 4.84. The van der Waals surface area contributed by atoms with E-state index in [1.54, 1.807) is 6.07 Å². The van der Waals surface area contributed by atoms with E-state index < -0.39 is 0 Å². The molecule has 0 saturated heterocycles. The summed E-state index contributed by atoms with van der Waals surface area (Å²) < 4.78 is 3.14. The quantitative estimate of drug-likeness (QED) is 0.389. The van der Waals surface area contributed by atoms with Crippen LogP contribution in [0.25, 0.3) is 11.3 Å². The van der Waals surface area contributed by atoms with Gasteiger partial charge in [0.2, 0.25) is 5.95 Å². The Hall–Kier alpha value is -3.65. The molecule has 0 radical (unpaired) electrons. The van der Waals surface area contributed by atoms with E-state index in [2.05, 4.69) is 30.2 Å². The number of aryl methyl sites for hydroxylation is 2. The van der Waals surface area contributed by atoms with E-state index in [9.17, 15) is 4.79 Å². The minimum atomic E-state index is -0.244. The summed E-state index contributed by atoms with van der Waals surface area (Å²) >= 11 is 1.41. The van der Waals surface area contributed by atoms with Gasteiger partial charge < -0.3 is 5.32 Å². The van der Waals surface area contributed by atoms with Crippen molar-refractivity contribution < 1.29 is 4.79 Å². The predicted octanol–water partition coefficient (Wildman–Crippen LogP) is 4.86. The number of carbonyl (C=O) groups is 1. The SMILES string of the molecule is Cc1cc(C)nc(NSc2ccc(NC(=O)c3cc(-c4ccccc4)n[nH]3)cc2)n1. The summed E-state index contributed by atoms with van der Waals surface area (Å²) in [5.41, 5.74) is 4.61. The molecule has 0 aliphatic heterocycles. The van der Waals surface area contributed by atoms with Crippen LogP contribution in [0.2, 0.25) is 0 Å². The fourth-order valence-electron chi connectivity index (χ4n) is 2.88. The molecule has 0 aliphatic rings. The Morgan fingerprint density at radius 1 is 0.933 bits per heavy atom. The van der Waals surface area contributed by atoms with Gasteiger partial charge in [-0.3, -0.25) is 14.6 Å². The number of amides is 1. The summed E-state index contributed by atoms with van der Waals surface area (Å²) in [6.07, 6.45) is 0. The average molecular weight is 417 g/mol. The van der Waals surface area contributed by atoms with Gasteiger partial charge in [0.15, 0.2) is 0 Å². The Kier molecular flexibility index (Phi) is 5.76. The summed E-state index contributed by atoms with van der Waals surface area (Å²) in [5, 5.41) is 9.89. The zero-order chi connectivity index (χ0) is 20.9. The van der Waals surface area contributed by atoms with Crippen molar-refractivity contribution in [2.75, 3.05) is 10.0 Å². The molecule has 0 unspecified atom stereocenters. The molecular formula is C22H20N6OS. The molecule has 0 atom stereocenters. The normalized spacial score (nSPS) is 10.6. The molecule has 0 saturated carbocycles. The number of benzene rings is 2. The highest BCUT2D eigenvalue weighted by molar-refractivity contribution is 8.00. The summed E-state index contributed by atoms with van der Waals surface area (Å²) in [6.45, 7) is 3.87. The first-order valence-corrected chi connectivity index (χ1v) is 10.2. The minimum Gasteiger partial charge on any atom is -0.321 e. The van der Waals surface area contributed by atoms with Crippen molar-refractivity contribution in [1.29, 1.82) is 0 Å². The Bertz CT molecular complexity index is 1140. The number of anilines is 2. The Morgan fingerprint density at radius 3 is 2.33 bits per heavy atom. The first-order valence-electron chi connectivity index (χ1n) is 9.34. The minimum absolute atomic E-state index is 0.244. The molecule has 0 spiro atoms. The van der Waals surface area contributed by atoms with Gasteiger partial charge in [0.05, 0.1) is 5.69 Å². The van der Waals surface area contributed by atoms with Gasteiger partial charge in [-0.05, 0) is 62.2 Å². The van der Waals surface area contributed by atoms with Crippen LogP contribution >= 0.6 is 11.9 Å². The number of hydrogen-bond acceptors (Lipinski definition) is 6. The Morgan fingerprint density at radius 2 is 1.63 bits per heavy atom. The Balaban J connectivity index is 1.36. The van der Waals surface area contributed by atoms with E-state index in [1.165, 1.54) is 11.9 Å².